The second-order valence-corrected chi connectivity index (χ2v) is 7.44. The molecule has 0 aliphatic carbocycles. The lowest BCUT2D eigenvalue weighted by Gasteiger charge is -2.24. The zero-order valence-electron chi connectivity index (χ0n) is 16.9. The second kappa shape index (κ2) is 8.65. The first-order valence-electron chi connectivity index (χ1n) is 9.50. The first-order chi connectivity index (χ1) is 14.9. The summed E-state index contributed by atoms with van der Waals surface area (Å²) in [5.41, 5.74) is 2.33. The van der Waals surface area contributed by atoms with Gasteiger partial charge in [0.2, 0.25) is 11.9 Å². The molecule has 1 aliphatic rings. The number of carbonyl (C=O) groups excluding carboxylic acids is 2. The Morgan fingerprint density at radius 3 is 2.94 bits per heavy atom. The van der Waals surface area contributed by atoms with Crippen LogP contribution in [0.4, 0.5) is 11.6 Å². The van der Waals surface area contributed by atoms with Crippen molar-refractivity contribution < 1.29 is 19.1 Å². The summed E-state index contributed by atoms with van der Waals surface area (Å²) in [6.07, 6.45) is 1.62. The third-order valence-electron chi connectivity index (χ3n) is 4.90. The molecule has 31 heavy (non-hydrogen) atoms. The Bertz CT molecular complexity index is 1150. The minimum atomic E-state index is -0.326. The van der Waals surface area contributed by atoms with E-state index in [2.05, 4.69) is 20.7 Å². The number of halogens is 1. The molecule has 1 atom stereocenters. The van der Waals surface area contributed by atoms with Crippen LogP contribution >= 0.6 is 11.6 Å². The summed E-state index contributed by atoms with van der Waals surface area (Å²) in [4.78, 5) is 28.4. The van der Waals surface area contributed by atoms with E-state index in [1.807, 2.05) is 19.1 Å². The molecule has 9 nitrogen and oxygen atoms in total. The molecule has 0 unspecified atom stereocenters. The van der Waals surface area contributed by atoms with Crippen molar-refractivity contribution in [3.63, 3.8) is 0 Å². The standard InChI is InChI=1S/C21H20ClN5O4/c1-12-3-5-14(22)8-15(12)25-20(29)10-31-17-6-4-13(7-18(17)30-2)16-9-19(28)26-21-23-11-24-27(16)21/h3-8,11,16H,9-10H2,1-2H3,(H,25,29)(H,23,24,26,28)/t16-/m0/s1. The fourth-order valence-corrected chi connectivity index (χ4v) is 3.51. The van der Waals surface area contributed by atoms with Gasteiger partial charge >= 0.3 is 0 Å². The van der Waals surface area contributed by atoms with Gasteiger partial charge in [0, 0.05) is 10.7 Å². The molecule has 2 N–H and O–H groups in total. The molecule has 1 aromatic heterocycles. The summed E-state index contributed by atoms with van der Waals surface area (Å²) in [6.45, 7) is 1.67. The van der Waals surface area contributed by atoms with Crippen LogP contribution in [0.1, 0.15) is 23.6 Å². The average molecular weight is 442 g/mol. The molecule has 4 rings (SSSR count). The van der Waals surface area contributed by atoms with Crippen molar-refractivity contribution in [1.82, 2.24) is 14.8 Å². The molecule has 3 aromatic rings. The number of hydrogen-bond acceptors (Lipinski definition) is 6. The highest BCUT2D eigenvalue weighted by atomic mass is 35.5. The number of nitrogens with zero attached hydrogens (tertiary/aromatic N) is 3. The third-order valence-corrected chi connectivity index (χ3v) is 5.14. The molecule has 0 fully saturated rings. The SMILES string of the molecule is COc1cc([C@@H]2CC(=O)Nc3ncnn32)ccc1OCC(=O)Nc1cc(Cl)ccc1C. The Hall–Kier alpha value is -3.59. The number of amides is 2. The minimum Gasteiger partial charge on any atom is -0.493 e. The molecular weight excluding hydrogens is 422 g/mol. The van der Waals surface area contributed by atoms with Crippen molar-refractivity contribution in [2.45, 2.75) is 19.4 Å². The summed E-state index contributed by atoms with van der Waals surface area (Å²) < 4.78 is 12.8. The van der Waals surface area contributed by atoms with Crippen molar-refractivity contribution in [2.24, 2.45) is 0 Å². The van der Waals surface area contributed by atoms with Crippen LogP contribution in [0.15, 0.2) is 42.7 Å². The fraction of sp³-hybridized carbons (Fsp3) is 0.238. The summed E-state index contributed by atoms with van der Waals surface area (Å²) in [5.74, 6) is 0.777. The second-order valence-electron chi connectivity index (χ2n) is 7.00. The Labute approximate surface area is 183 Å². The number of aromatic nitrogens is 3. The average Bonchev–Trinajstić information content (AvgIpc) is 3.22. The lowest BCUT2D eigenvalue weighted by molar-refractivity contribution is -0.118. The molecule has 2 aromatic carbocycles. The number of methoxy groups -OCH3 is 1. The maximum Gasteiger partial charge on any atom is 0.262 e. The smallest absolute Gasteiger partial charge is 0.262 e. The number of aryl methyl sites for hydroxylation is 1. The highest BCUT2D eigenvalue weighted by Gasteiger charge is 2.28. The number of nitrogens with one attached hydrogen (secondary N) is 2. The molecule has 0 saturated heterocycles. The van der Waals surface area contributed by atoms with E-state index < -0.39 is 0 Å². The first-order valence-corrected chi connectivity index (χ1v) is 9.88. The van der Waals surface area contributed by atoms with Gasteiger partial charge in [-0.15, -0.1) is 0 Å². The monoisotopic (exact) mass is 441 g/mol. The van der Waals surface area contributed by atoms with Crippen LogP contribution in [0.3, 0.4) is 0 Å². The van der Waals surface area contributed by atoms with Crippen molar-refractivity contribution >= 4 is 35.1 Å². The van der Waals surface area contributed by atoms with Crippen LogP contribution < -0.4 is 20.1 Å². The summed E-state index contributed by atoms with van der Waals surface area (Å²) in [5, 5.41) is 10.2. The van der Waals surface area contributed by atoms with Crippen LogP contribution in [0.25, 0.3) is 0 Å². The predicted octanol–water partition coefficient (Wildman–Crippen LogP) is 3.20. The molecule has 0 radical (unpaired) electrons. The maximum atomic E-state index is 12.3. The Morgan fingerprint density at radius 1 is 1.29 bits per heavy atom. The normalized spacial score (nSPS) is 15.1. The molecule has 0 saturated carbocycles. The molecule has 2 heterocycles. The topological polar surface area (TPSA) is 107 Å². The molecule has 0 spiro atoms. The van der Waals surface area contributed by atoms with Crippen LogP contribution in [0.5, 0.6) is 11.5 Å². The van der Waals surface area contributed by atoms with Gasteiger partial charge in [-0.25, -0.2) is 4.68 Å². The summed E-state index contributed by atoms with van der Waals surface area (Å²) >= 11 is 5.99. The highest BCUT2D eigenvalue weighted by molar-refractivity contribution is 6.31. The Morgan fingerprint density at radius 2 is 2.13 bits per heavy atom. The zero-order chi connectivity index (χ0) is 22.0. The van der Waals surface area contributed by atoms with Gasteiger partial charge in [0.25, 0.3) is 5.91 Å². The maximum absolute atomic E-state index is 12.3. The van der Waals surface area contributed by atoms with E-state index in [1.165, 1.54) is 13.4 Å². The number of benzene rings is 2. The van der Waals surface area contributed by atoms with Crippen molar-refractivity contribution in [3.8, 4) is 11.5 Å². The van der Waals surface area contributed by atoms with Crippen LogP contribution in [0, 0.1) is 6.92 Å². The number of rotatable bonds is 6. The Kier molecular flexibility index (Phi) is 5.77. The molecular formula is C21H20ClN5O4. The van der Waals surface area contributed by atoms with E-state index in [1.54, 1.807) is 28.9 Å². The van der Waals surface area contributed by atoms with Gasteiger partial charge in [-0.2, -0.15) is 10.1 Å². The van der Waals surface area contributed by atoms with Gasteiger partial charge in [0.05, 0.1) is 19.6 Å². The summed E-state index contributed by atoms with van der Waals surface area (Å²) in [6, 6.07) is 10.2. The van der Waals surface area contributed by atoms with Gasteiger partial charge < -0.3 is 14.8 Å². The van der Waals surface area contributed by atoms with Crippen molar-refractivity contribution in [1.29, 1.82) is 0 Å². The van der Waals surface area contributed by atoms with Gasteiger partial charge in [0.15, 0.2) is 18.1 Å². The summed E-state index contributed by atoms with van der Waals surface area (Å²) in [7, 11) is 1.51. The fourth-order valence-electron chi connectivity index (χ4n) is 3.33. The van der Waals surface area contributed by atoms with E-state index in [0.29, 0.717) is 28.2 Å². The minimum absolute atomic E-state index is 0.141. The van der Waals surface area contributed by atoms with Gasteiger partial charge in [-0.05, 0) is 42.3 Å². The van der Waals surface area contributed by atoms with Gasteiger partial charge in [-0.1, -0.05) is 23.7 Å². The van der Waals surface area contributed by atoms with Crippen molar-refractivity contribution in [3.05, 3.63) is 58.9 Å². The lowest BCUT2D eigenvalue weighted by atomic mass is 10.0. The molecule has 2 amide bonds. The van der Waals surface area contributed by atoms with Gasteiger partial charge in [0.1, 0.15) is 6.33 Å². The van der Waals surface area contributed by atoms with Gasteiger partial charge in [-0.3, -0.25) is 14.9 Å². The van der Waals surface area contributed by atoms with Crippen LogP contribution in [-0.2, 0) is 9.59 Å². The first kappa shape index (κ1) is 20.7. The lowest BCUT2D eigenvalue weighted by Crippen LogP contribution is -2.29. The largest absolute Gasteiger partial charge is 0.493 e. The van der Waals surface area contributed by atoms with Crippen LogP contribution in [-0.4, -0.2) is 40.3 Å². The molecule has 0 bridgehead atoms. The van der Waals surface area contributed by atoms with Crippen LogP contribution in [0.2, 0.25) is 5.02 Å². The van der Waals surface area contributed by atoms with E-state index in [4.69, 9.17) is 21.1 Å². The highest BCUT2D eigenvalue weighted by Crippen LogP contribution is 2.35. The molecule has 1 aliphatic heterocycles. The Balaban J connectivity index is 1.47. The quantitative estimate of drug-likeness (QED) is 0.608. The van der Waals surface area contributed by atoms with E-state index in [0.717, 1.165) is 11.1 Å². The van der Waals surface area contributed by atoms with E-state index in [-0.39, 0.29) is 30.9 Å². The third kappa shape index (κ3) is 4.46. The number of carbonyl (C=O) groups is 2. The molecule has 160 valence electrons. The number of fused-ring (bicyclic) bond motifs is 1. The number of ether oxygens (including phenoxy) is 2. The van der Waals surface area contributed by atoms with E-state index >= 15 is 0 Å². The van der Waals surface area contributed by atoms with Crippen molar-refractivity contribution in [2.75, 3.05) is 24.4 Å². The zero-order valence-corrected chi connectivity index (χ0v) is 17.6. The number of hydrogen-bond donors (Lipinski definition) is 2. The van der Waals surface area contributed by atoms with E-state index in [9.17, 15) is 9.59 Å². The number of anilines is 2. The predicted molar refractivity (Wildman–Crippen MR) is 115 cm³/mol. The molecule has 10 heteroatoms.